The average molecular weight is 469 g/mol. The maximum atomic E-state index is 13.3. The van der Waals surface area contributed by atoms with Crippen LogP contribution in [0.4, 0.5) is 0 Å². The summed E-state index contributed by atoms with van der Waals surface area (Å²) in [5, 5.41) is 2.89. The lowest BCUT2D eigenvalue weighted by molar-refractivity contribution is -0.144. The lowest BCUT2D eigenvalue weighted by Crippen LogP contribution is -2.39. The molecule has 1 aromatic heterocycles. The number of rotatable bonds is 6. The summed E-state index contributed by atoms with van der Waals surface area (Å²) in [5.74, 6) is -0.546. The molecule has 30 heavy (non-hydrogen) atoms. The third-order valence-corrected chi connectivity index (χ3v) is 6.88. The molecule has 1 N–H and O–H groups in total. The number of amides is 3. The number of nitrogens with zero attached hydrogens (tertiary/aromatic N) is 1. The largest absolute Gasteiger partial charge is 0.452 e. The lowest BCUT2D eigenvalue weighted by atomic mass is 9.85. The van der Waals surface area contributed by atoms with Crippen LogP contribution < -0.4 is 5.32 Å². The zero-order chi connectivity index (χ0) is 20.8. The molecule has 2 aromatic rings. The molecule has 0 spiro atoms. The van der Waals surface area contributed by atoms with Crippen molar-refractivity contribution in [2.75, 3.05) is 0 Å². The van der Waals surface area contributed by atoms with E-state index in [1.165, 1.54) is 4.90 Å². The van der Waals surface area contributed by atoms with Crippen molar-refractivity contribution in [2.24, 2.45) is 23.7 Å². The Bertz CT molecular complexity index is 1000. The van der Waals surface area contributed by atoms with Crippen molar-refractivity contribution in [3.8, 4) is 0 Å². The Hall–Kier alpha value is -2.67. The molecule has 154 valence electrons. The zero-order valence-corrected chi connectivity index (χ0v) is 17.7. The number of fused-ring (bicyclic) bond motifs is 5. The fourth-order valence-electron chi connectivity index (χ4n) is 5.10. The molecule has 5 atom stereocenters. The number of nitrogens with one attached hydrogen (secondary N) is 1. The third kappa shape index (κ3) is 3.21. The molecule has 6 nitrogen and oxygen atoms in total. The van der Waals surface area contributed by atoms with Gasteiger partial charge in [-0.05, 0) is 51.9 Å². The van der Waals surface area contributed by atoms with Crippen molar-refractivity contribution in [3.05, 3.63) is 70.6 Å². The number of allylic oxidation sites excluding steroid dienone is 2. The molecule has 3 aliphatic rings. The van der Waals surface area contributed by atoms with Crippen LogP contribution in [0.1, 0.15) is 30.2 Å². The summed E-state index contributed by atoms with van der Waals surface area (Å²) in [6, 6.07) is 12.3. The van der Waals surface area contributed by atoms with Crippen LogP contribution in [0.2, 0.25) is 0 Å². The van der Waals surface area contributed by atoms with Crippen molar-refractivity contribution < 1.29 is 18.8 Å². The Labute approximate surface area is 182 Å². The van der Waals surface area contributed by atoms with E-state index >= 15 is 0 Å². The van der Waals surface area contributed by atoms with Crippen molar-refractivity contribution in [1.82, 2.24) is 10.2 Å². The van der Waals surface area contributed by atoms with Gasteiger partial charge in [0, 0.05) is 6.54 Å². The van der Waals surface area contributed by atoms with E-state index in [1.807, 2.05) is 30.3 Å². The van der Waals surface area contributed by atoms with Gasteiger partial charge in [0.1, 0.15) is 11.8 Å². The monoisotopic (exact) mass is 468 g/mol. The molecule has 5 rings (SSSR count). The summed E-state index contributed by atoms with van der Waals surface area (Å²) >= 11 is 3.28. The highest BCUT2D eigenvalue weighted by atomic mass is 79.9. The predicted octanol–water partition coefficient (Wildman–Crippen LogP) is 3.60. The predicted molar refractivity (Wildman–Crippen MR) is 112 cm³/mol. The van der Waals surface area contributed by atoms with E-state index < -0.39 is 6.04 Å². The summed E-state index contributed by atoms with van der Waals surface area (Å²) in [6.07, 6.45) is 4.96. The lowest BCUT2D eigenvalue weighted by Gasteiger charge is -2.26. The Morgan fingerprint density at radius 3 is 2.33 bits per heavy atom. The minimum absolute atomic E-state index is 0.0352. The van der Waals surface area contributed by atoms with Gasteiger partial charge in [0.15, 0.2) is 4.67 Å². The zero-order valence-electron chi connectivity index (χ0n) is 16.2. The molecule has 7 heteroatoms. The number of imide groups is 1. The molecule has 1 aliphatic heterocycles. The Morgan fingerprint density at radius 2 is 1.73 bits per heavy atom. The quantitative estimate of drug-likeness (QED) is 0.518. The first-order chi connectivity index (χ1) is 14.5. The van der Waals surface area contributed by atoms with Crippen molar-refractivity contribution >= 4 is 33.7 Å². The summed E-state index contributed by atoms with van der Waals surface area (Å²) in [6.45, 7) is 0.384. The third-order valence-electron chi connectivity index (χ3n) is 6.45. The SMILES string of the molecule is O=C(CC(c1ccc(Br)o1)N1C(=O)C2C3C=CC(C3)C2C1=O)NCc1ccccc1. The summed E-state index contributed by atoms with van der Waals surface area (Å²) < 4.78 is 6.18. The summed E-state index contributed by atoms with van der Waals surface area (Å²) in [5.41, 5.74) is 0.980. The molecule has 2 fully saturated rings. The van der Waals surface area contributed by atoms with Gasteiger partial charge in [0.05, 0.1) is 18.3 Å². The number of hydrogen-bond donors (Lipinski definition) is 1. The van der Waals surface area contributed by atoms with E-state index in [9.17, 15) is 14.4 Å². The highest BCUT2D eigenvalue weighted by Crippen LogP contribution is 2.54. The topological polar surface area (TPSA) is 79.6 Å². The Kier molecular flexibility index (Phi) is 4.85. The van der Waals surface area contributed by atoms with Crippen LogP contribution in [0.15, 0.2) is 63.7 Å². The van der Waals surface area contributed by atoms with E-state index in [0.29, 0.717) is 17.0 Å². The molecule has 0 radical (unpaired) electrons. The normalized spacial score (nSPS) is 27.6. The highest BCUT2D eigenvalue weighted by molar-refractivity contribution is 9.10. The minimum atomic E-state index is -0.753. The van der Waals surface area contributed by atoms with E-state index in [4.69, 9.17) is 4.42 Å². The molecule has 2 aliphatic carbocycles. The van der Waals surface area contributed by atoms with Crippen molar-refractivity contribution in [2.45, 2.75) is 25.4 Å². The highest BCUT2D eigenvalue weighted by Gasteiger charge is 2.60. The first-order valence-electron chi connectivity index (χ1n) is 10.1. The summed E-state index contributed by atoms with van der Waals surface area (Å²) in [7, 11) is 0. The molecular formula is C23H21BrN2O4. The minimum Gasteiger partial charge on any atom is -0.452 e. The first kappa shape index (κ1) is 19.3. The molecule has 1 saturated carbocycles. The fraction of sp³-hybridized carbons (Fsp3) is 0.348. The van der Waals surface area contributed by atoms with Crippen LogP contribution in [0.5, 0.6) is 0 Å². The average Bonchev–Trinajstić information content (AvgIpc) is 3.51. The van der Waals surface area contributed by atoms with Crippen molar-refractivity contribution in [1.29, 1.82) is 0 Å². The Morgan fingerprint density at radius 1 is 1.07 bits per heavy atom. The second kappa shape index (κ2) is 7.54. The van der Waals surface area contributed by atoms with Gasteiger partial charge in [-0.2, -0.15) is 0 Å². The van der Waals surface area contributed by atoms with Gasteiger partial charge in [-0.15, -0.1) is 0 Å². The van der Waals surface area contributed by atoms with E-state index in [-0.39, 0.29) is 47.8 Å². The number of benzene rings is 1. The summed E-state index contributed by atoms with van der Waals surface area (Å²) in [4.78, 5) is 40.5. The van der Waals surface area contributed by atoms with Gasteiger partial charge in [-0.3, -0.25) is 19.3 Å². The first-order valence-corrected chi connectivity index (χ1v) is 10.9. The number of likely N-dealkylation sites (tertiary alicyclic amines) is 1. The number of halogens is 1. The van der Waals surface area contributed by atoms with E-state index in [2.05, 4.69) is 33.4 Å². The molecule has 1 saturated heterocycles. The van der Waals surface area contributed by atoms with Crippen LogP contribution in [-0.4, -0.2) is 22.6 Å². The molecule has 3 amide bonds. The van der Waals surface area contributed by atoms with E-state index in [0.717, 1.165) is 12.0 Å². The number of carbonyl (C=O) groups excluding carboxylic acids is 3. The fourth-order valence-corrected chi connectivity index (χ4v) is 5.42. The number of hydrogen-bond acceptors (Lipinski definition) is 4. The number of furan rings is 1. The standard InChI is InChI=1S/C23H21BrN2O4/c24-18-9-8-17(30-18)16(11-19(27)25-12-13-4-2-1-3-5-13)26-22(28)20-14-6-7-15(10-14)21(20)23(26)29/h1-9,14-16,20-21H,10-12H2,(H,25,27). The van der Waals surface area contributed by atoms with Gasteiger partial charge in [0.25, 0.3) is 0 Å². The van der Waals surface area contributed by atoms with E-state index in [1.54, 1.807) is 12.1 Å². The molecule has 2 heterocycles. The van der Waals surface area contributed by atoms with Crippen LogP contribution in [0, 0.1) is 23.7 Å². The van der Waals surface area contributed by atoms with Gasteiger partial charge in [-0.1, -0.05) is 42.5 Å². The maximum absolute atomic E-state index is 13.3. The van der Waals surface area contributed by atoms with Gasteiger partial charge >= 0.3 is 0 Å². The number of carbonyl (C=O) groups is 3. The maximum Gasteiger partial charge on any atom is 0.234 e. The van der Waals surface area contributed by atoms with Crippen LogP contribution in [-0.2, 0) is 20.9 Å². The molecule has 2 bridgehead atoms. The molecule has 1 aromatic carbocycles. The second-order valence-electron chi connectivity index (χ2n) is 8.17. The smallest absolute Gasteiger partial charge is 0.234 e. The van der Waals surface area contributed by atoms with Crippen LogP contribution in [0.3, 0.4) is 0 Å². The molecule has 5 unspecified atom stereocenters. The van der Waals surface area contributed by atoms with Gasteiger partial charge in [-0.25, -0.2) is 0 Å². The van der Waals surface area contributed by atoms with Crippen LogP contribution in [0.25, 0.3) is 0 Å². The van der Waals surface area contributed by atoms with Gasteiger partial charge < -0.3 is 9.73 Å². The Balaban J connectivity index is 1.37. The molecular weight excluding hydrogens is 448 g/mol. The van der Waals surface area contributed by atoms with Crippen molar-refractivity contribution in [3.63, 3.8) is 0 Å². The van der Waals surface area contributed by atoms with Gasteiger partial charge in [0.2, 0.25) is 17.7 Å². The van der Waals surface area contributed by atoms with Crippen LogP contribution >= 0.6 is 15.9 Å². The second-order valence-corrected chi connectivity index (χ2v) is 8.95.